The van der Waals surface area contributed by atoms with Gasteiger partial charge in [0.15, 0.2) is 0 Å². The molecule has 104 valence electrons. The van der Waals surface area contributed by atoms with E-state index < -0.39 is 0 Å². The molecule has 3 aromatic carbocycles. The van der Waals surface area contributed by atoms with Gasteiger partial charge in [-0.2, -0.15) is 0 Å². The molecular formula is C20H19N. The average Bonchev–Trinajstić information content (AvgIpc) is 2.55. The van der Waals surface area contributed by atoms with Gasteiger partial charge in [-0.25, -0.2) is 0 Å². The predicted octanol–water partition coefficient (Wildman–Crippen LogP) is 5.20. The molecule has 1 heteroatoms. The Kier molecular flexibility index (Phi) is 4.02. The third-order valence-electron chi connectivity index (χ3n) is 3.72. The van der Waals surface area contributed by atoms with Crippen LogP contribution in [0.5, 0.6) is 0 Å². The van der Waals surface area contributed by atoms with E-state index in [-0.39, 0.29) is 6.04 Å². The SMILES string of the molecule is Cc1ccccc1C(Nc1ccccc1)c1ccccc1. The maximum atomic E-state index is 3.65. The fraction of sp³-hybridized carbons (Fsp3) is 0.100. The van der Waals surface area contributed by atoms with Crippen LogP contribution >= 0.6 is 0 Å². The van der Waals surface area contributed by atoms with Crippen LogP contribution in [0, 0.1) is 6.92 Å². The van der Waals surface area contributed by atoms with Crippen LogP contribution in [0.15, 0.2) is 84.9 Å². The van der Waals surface area contributed by atoms with Crippen molar-refractivity contribution in [3.8, 4) is 0 Å². The quantitative estimate of drug-likeness (QED) is 0.689. The van der Waals surface area contributed by atoms with E-state index in [2.05, 4.69) is 91.1 Å². The van der Waals surface area contributed by atoms with Crippen molar-refractivity contribution in [2.75, 3.05) is 5.32 Å². The number of hydrogen-bond acceptors (Lipinski definition) is 1. The van der Waals surface area contributed by atoms with Gasteiger partial charge in [-0.05, 0) is 35.7 Å². The van der Waals surface area contributed by atoms with Crippen molar-refractivity contribution < 1.29 is 0 Å². The molecule has 0 aromatic heterocycles. The number of nitrogens with one attached hydrogen (secondary N) is 1. The standard InChI is InChI=1S/C20H19N/c1-16-10-8-9-15-19(16)20(17-11-4-2-5-12-17)21-18-13-6-3-7-14-18/h2-15,20-21H,1H3. The third-order valence-corrected chi connectivity index (χ3v) is 3.72. The molecule has 0 aliphatic carbocycles. The summed E-state index contributed by atoms with van der Waals surface area (Å²) in [6.45, 7) is 2.16. The average molecular weight is 273 g/mol. The zero-order valence-electron chi connectivity index (χ0n) is 12.2. The summed E-state index contributed by atoms with van der Waals surface area (Å²) in [7, 11) is 0. The molecule has 0 saturated carbocycles. The predicted molar refractivity (Wildman–Crippen MR) is 89.5 cm³/mol. The van der Waals surface area contributed by atoms with Gasteiger partial charge in [0.05, 0.1) is 6.04 Å². The minimum atomic E-state index is 0.162. The summed E-state index contributed by atoms with van der Waals surface area (Å²) in [5.74, 6) is 0. The Labute approximate surface area is 126 Å². The lowest BCUT2D eigenvalue weighted by Gasteiger charge is -2.22. The highest BCUT2D eigenvalue weighted by atomic mass is 14.9. The monoisotopic (exact) mass is 273 g/mol. The molecule has 0 heterocycles. The van der Waals surface area contributed by atoms with E-state index in [1.807, 2.05) is 6.07 Å². The zero-order valence-corrected chi connectivity index (χ0v) is 12.2. The summed E-state index contributed by atoms with van der Waals surface area (Å²) in [5, 5.41) is 3.65. The minimum absolute atomic E-state index is 0.162. The van der Waals surface area contributed by atoms with Gasteiger partial charge in [0, 0.05) is 5.69 Å². The fourth-order valence-electron chi connectivity index (χ4n) is 2.60. The van der Waals surface area contributed by atoms with E-state index >= 15 is 0 Å². The maximum Gasteiger partial charge on any atom is 0.0770 e. The van der Waals surface area contributed by atoms with E-state index in [0.717, 1.165) is 5.69 Å². The Hall–Kier alpha value is -2.54. The lowest BCUT2D eigenvalue weighted by molar-refractivity contribution is 0.927. The number of aryl methyl sites for hydroxylation is 1. The number of hydrogen-bond donors (Lipinski definition) is 1. The van der Waals surface area contributed by atoms with E-state index in [1.54, 1.807) is 0 Å². The first-order chi connectivity index (χ1) is 10.3. The van der Waals surface area contributed by atoms with Crippen molar-refractivity contribution in [2.45, 2.75) is 13.0 Å². The molecule has 3 rings (SSSR count). The Morgan fingerprint density at radius 2 is 1.24 bits per heavy atom. The molecule has 0 amide bonds. The van der Waals surface area contributed by atoms with Gasteiger partial charge >= 0.3 is 0 Å². The molecule has 0 aliphatic heterocycles. The molecular weight excluding hydrogens is 254 g/mol. The number of benzene rings is 3. The van der Waals surface area contributed by atoms with Gasteiger partial charge < -0.3 is 5.32 Å². The van der Waals surface area contributed by atoms with Gasteiger partial charge in [-0.1, -0.05) is 72.8 Å². The van der Waals surface area contributed by atoms with Gasteiger partial charge in [0.25, 0.3) is 0 Å². The van der Waals surface area contributed by atoms with E-state index in [1.165, 1.54) is 16.7 Å². The molecule has 21 heavy (non-hydrogen) atoms. The molecule has 0 bridgehead atoms. The largest absolute Gasteiger partial charge is 0.374 e. The maximum absolute atomic E-state index is 3.65. The fourth-order valence-corrected chi connectivity index (χ4v) is 2.60. The van der Waals surface area contributed by atoms with E-state index in [4.69, 9.17) is 0 Å². The summed E-state index contributed by atoms with van der Waals surface area (Å²) in [6, 6.07) is 29.7. The first-order valence-corrected chi connectivity index (χ1v) is 7.26. The molecule has 0 saturated heterocycles. The lowest BCUT2D eigenvalue weighted by atomic mass is 9.95. The molecule has 3 aromatic rings. The second-order valence-electron chi connectivity index (χ2n) is 5.21. The summed E-state index contributed by atoms with van der Waals surface area (Å²) >= 11 is 0. The summed E-state index contributed by atoms with van der Waals surface area (Å²) in [6.07, 6.45) is 0. The van der Waals surface area contributed by atoms with Crippen molar-refractivity contribution in [2.24, 2.45) is 0 Å². The van der Waals surface area contributed by atoms with E-state index in [0.29, 0.717) is 0 Å². The highest BCUT2D eigenvalue weighted by Gasteiger charge is 2.15. The van der Waals surface area contributed by atoms with Gasteiger partial charge in [0.2, 0.25) is 0 Å². The molecule has 0 aliphatic rings. The number of anilines is 1. The molecule has 1 N–H and O–H groups in total. The molecule has 1 atom stereocenters. The Bertz CT molecular complexity index is 689. The van der Waals surface area contributed by atoms with Crippen LogP contribution in [0.1, 0.15) is 22.7 Å². The van der Waals surface area contributed by atoms with Crippen LogP contribution in [0.25, 0.3) is 0 Å². The molecule has 0 spiro atoms. The molecule has 0 fully saturated rings. The van der Waals surface area contributed by atoms with Crippen LogP contribution in [0.2, 0.25) is 0 Å². The minimum Gasteiger partial charge on any atom is -0.374 e. The number of para-hydroxylation sites is 1. The van der Waals surface area contributed by atoms with Crippen molar-refractivity contribution >= 4 is 5.69 Å². The van der Waals surface area contributed by atoms with Gasteiger partial charge in [-0.3, -0.25) is 0 Å². The van der Waals surface area contributed by atoms with Crippen molar-refractivity contribution in [1.29, 1.82) is 0 Å². The van der Waals surface area contributed by atoms with Crippen molar-refractivity contribution in [1.82, 2.24) is 0 Å². The third kappa shape index (κ3) is 3.14. The Morgan fingerprint density at radius 1 is 0.667 bits per heavy atom. The first-order valence-electron chi connectivity index (χ1n) is 7.26. The summed E-state index contributed by atoms with van der Waals surface area (Å²) in [5.41, 5.74) is 5.02. The van der Waals surface area contributed by atoms with Crippen LogP contribution in [-0.2, 0) is 0 Å². The topological polar surface area (TPSA) is 12.0 Å². The van der Waals surface area contributed by atoms with Crippen LogP contribution in [-0.4, -0.2) is 0 Å². The molecule has 1 nitrogen and oxygen atoms in total. The van der Waals surface area contributed by atoms with Crippen LogP contribution in [0.3, 0.4) is 0 Å². The smallest absolute Gasteiger partial charge is 0.0770 e. The highest BCUT2D eigenvalue weighted by molar-refractivity contribution is 5.50. The summed E-state index contributed by atoms with van der Waals surface area (Å²) < 4.78 is 0. The second kappa shape index (κ2) is 6.27. The first kappa shape index (κ1) is 13.4. The van der Waals surface area contributed by atoms with Crippen LogP contribution < -0.4 is 5.32 Å². The lowest BCUT2D eigenvalue weighted by Crippen LogP contribution is -2.13. The summed E-state index contributed by atoms with van der Waals surface area (Å²) in [4.78, 5) is 0. The highest BCUT2D eigenvalue weighted by Crippen LogP contribution is 2.28. The molecule has 0 radical (unpaired) electrons. The van der Waals surface area contributed by atoms with Crippen molar-refractivity contribution in [3.05, 3.63) is 102 Å². The Balaban J connectivity index is 2.02. The van der Waals surface area contributed by atoms with Crippen LogP contribution in [0.4, 0.5) is 5.69 Å². The second-order valence-corrected chi connectivity index (χ2v) is 5.21. The normalized spacial score (nSPS) is 11.9. The van der Waals surface area contributed by atoms with Gasteiger partial charge in [-0.15, -0.1) is 0 Å². The van der Waals surface area contributed by atoms with E-state index in [9.17, 15) is 0 Å². The van der Waals surface area contributed by atoms with Crippen molar-refractivity contribution in [3.63, 3.8) is 0 Å². The zero-order chi connectivity index (χ0) is 14.5. The number of rotatable bonds is 4. The van der Waals surface area contributed by atoms with Gasteiger partial charge in [0.1, 0.15) is 0 Å². The Morgan fingerprint density at radius 3 is 1.90 bits per heavy atom. The molecule has 1 unspecified atom stereocenters.